The molecule has 0 radical (unpaired) electrons. The first-order chi connectivity index (χ1) is 8.97. The Morgan fingerprint density at radius 3 is 2.26 bits per heavy atom. The van der Waals surface area contributed by atoms with Crippen molar-refractivity contribution in [2.24, 2.45) is 4.99 Å². The molecule has 0 aliphatic carbocycles. The van der Waals surface area contributed by atoms with Gasteiger partial charge in [0.25, 0.3) is 0 Å². The summed E-state index contributed by atoms with van der Waals surface area (Å²) in [6.07, 6.45) is -3.31. The molecule has 0 fully saturated rings. The van der Waals surface area contributed by atoms with Crippen molar-refractivity contribution < 1.29 is 13.2 Å². The third-order valence-electron chi connectivity index (χ3n) is 2.51. The number of nitrogens with one attached hydrogen (secondary N) is 2. The van der Waals surface area contributed by atoms with Crippen LogP contribution in [0.25, 0.3) is 0 Å². The van der Waals surface area contributed by atoms with Gasteiger partial charge in [-0.1, -0.05) is 19.1 Å². The van der Waals surface area contributed by atoms with Crippen LogP contribution < -0.4 is 10.6 Å². The van der Waals surface area contributed by atoms with Crippen LogP contribution in [-0.4, -0.2) is 19.6 Å². The highest BCUT2D eigenvalue weighted by Gasteiger charge is 2.29. The maximum atomic E-state index is 12.4. The molecule has 0 atom stereocenters. The van der Waals surface area contributed by atoms with Gasteiger partial charge in [0.15, 0.2) is 5.96 Å². The van der Waals surface area contributed by atoms with Crippen LogP contribution in [0, 0.1) is 0 Å². The van der Waals surface area contributed by atoms with Gasteiger partial charge >= 0.3 is 6.18 Å². The molecule has 0 aliphatic rings. The molecule has 0 aromatic heterocycles. The SMILES string of the molecule is CCCNC(=NC)NCc1ccc(C(F)(F)F)cc1. The number of rotatable bonds is 4. The fourth-order valence-electron chi connectivity index (χ4n) is 1.46. The summed E-state index contributed by atoms with van der Waals surface area (Å²) in [4.78, 5) is 4.01. The lowest BCUT2D eigenvalue weighted by atomic mass is 10.1. The van der Waals surface area contributed by atoms with Gasteiger partial charge in [-0.25, -0.2) is 0 Å². The minimum Gasteiger partial charge on any atom is -0.356 e. The molecule has 0 unspecified atom stereocenters. The van der Waals surface area contributed by atoms with Crippen molar-refractivity contribution in [2.75, 3.05) is 13.6 Å². The van der Waals surface area contributed by atoms with Crippen molar-refractivity contribution in [3.63, 3.8) is 0 Å². The maximum Gasteiger partial charge on any atom is 0.416 e. The van der Waals surface area contributed by atoms with Crippen molar-refractivity contribution in [3.8, 4) is 0 Å². The predicted molar refractivity (Wildman–Crippen MR) is 69.9 cm³/mol. The summed E-state index contributed by atoms with van der Waals surface area (Å²) in [5.74, 6) is 0.641. The van der Waals surface area contributed by atoms with Crippen molar-refractivity contribution in [3.05, 3.63) is 35.4 Å². The highest BCUT2D eigenvalue weighted by atomic mass is 19.4. The lowest BCUT2D eigenvalue weighted by Gasteiger charge is -2.12. The Balaban J connectivity index is 2.54. The molecule has 0 saturated heterocycles. The van der Waals surface area contributed by atoms with E-state index in [1.165, 1.54) is 12.1 Å². The molecular formula is C13H18F3N3. The lowest BCUT2D eigenvalue weighted by molar-refractivity contribution is -0.137. The molecule has 0 bridgehead atoms. The van der Waals surface area contributed by atoms with Gasteiger partial charge in [0.2, 0.25) is 0 Å². The van der Waals surface area contributed by atoms with Crippen molar-refractivity contribution in [1.29, 1.82) is 0 Å². The number of alkyl halides is 3. The molecule has 2 N–H and O–H groups in total. The van der Waals surface area contributed by atoms with Crippen LogP contribution in [0.15, 0.2) is 29.3 Å². The quantitative estimate of drug-likeness (QED) is 0.653. The normalized spacial score (nSPS) is 12.4. The van der Waals surface area contributed by atoms with Gasteiger partial charge in [0, 0.05) is 20.1 Å². The van der Waals surface area contributed by atoms with Crippen LogP contribution >= 0.6 is 0 Å². The van der Waals surface area contributed by atoms with Gasteiger partial charge in [-0.3, -0.25) is 4.99 Å². The van der Waals surface area contributed by atoms with E-state index in [1.54, 1.807) is 7.05 Å². The summed E-state index contributed by atoms with van der Waals surface area (Å²) in [6.45, 7) is 3.27. The highest BCUT2D eigenvalue weighted by molar-refractivity contribution is 5.79. The van der Waals surface area contributed by atoms with E-state index in [-0.39, 0.29) is 0 Å². The number of hydrogen-bond acceptors (Lipinski definition) is 1. The monoisotopic (exact) mass is 273 g/mol. The second kappa shape index (κ2) is 7.01. The molecule has 106 valence electrons. The zero-order valence-electron chi connectivity index (χ0n) is 11.0. The Hall–Kier alpha value is -1.72. The lowest BCUT2D eigenvalue weighted by Crippen LogP contribution is -2.37. The van der Waals surface area contributed by atoms with E-state index in [1.807, 2.05) is 6.92 Å². The molecule has 0 amide bonds. The summed E-state index contributed by atoms with van der Waals surface area (Å²) < 4.78 is 37.1. The van der Waals surface area contributed by atoms with E-state index in [4.69, 9.17) is 0 Å². The Labute approximate surface area is 110 Å². The average Bonchev–Trinajstić information content (AvgIpc) is 2.38. The van der Waals surface area contributed by atoms with E-state index in [9.17, 15) is 13.2 Å². The third kappa shape index (κ3) is 5.19. The molecular weight excluding hydrogens is 255 g/mol. The topological polar surface area (TPSA) is 36.4 Å². The Morgan fingerprint density at radius 2 is 1.79 bits per heavy atom. The summed E-state index contributed by atoms with van der Waals surface area (Å²) >= 11 is 0. The Bertz CT molecular complexity index is 410. The third-order valence-corrected chi connectivity index (χ3v) is 2.51. The average molecular weight is 273 g/mol. The second-order valence-electron chi connectivity index (χ2n) is 4.05. The summed E-state index contributed by atoms with van der Waals surface area (Å²) in [7, 11) is 1.65. The van der Waals surface area contributed by atoms with Crippen LogP contribution in [0.5, 0.6) is 0 Å². The van der Waals surface area contributed by atoms with Gasteiger partial charge in [0.05, 0.1) is 5.56 Å². The Morgan fingerprint density at radius 1 is 1.16 bits per heavy atom. The van der Waals surface area contributed by atoms with Crippen LogP contribution in [0.4, 0.5) is 13.2 Å². The van der Waals surface area contributed by atoms with E-state index >= 15 is 0 Å². The number of benzene rings is 1. The van der Waals surface area contributed by atoms with E-state index < -0.39 is 11.7 Å². The van der Waals surface area contributed by atoms with Crippen LogP contribution in [0.3, 0.4) is 0 Å². The number of nitrogens with zero attached hydrogens (tertiary/aromatic N) is 1. The van der Waals surface area contributed by atoms with E-state index in [2.05, 4.69) is 15.6 Å². The molecule has 0 aliphatic heterocycles. The second-order valence-corrected chi connectivity index (χ2v) is 4.05. The van der Waals surface area contributed by atoms with Crippen molar-refractivity contribution in [2.45, 2.75) is 26.1 Å². The highest BCUT2D eigenvalue weighted by Crippen LogP contribution is 2.28. The Kier molecular flexibility index (Phi) is 5.66. The van der Waals surface area contributed by atoms with E-state index in [0.717, 1.165) is 30.7 Å². The summed E-state index contributed by atoms with van der Waals surface area (Å²) in [6, 6.07) is 5.09. The smallest absolute Gasteiger partial charge is 0.356 e. The molecule has 0 saturated carbocycles. The van der Waals surface area contributed by atoms with Crippen LogP contribution in [0.1, 0.15) is 24.5 Å². The van der Waals surface area contributed by atoms with E-state index in [0.29, 0.717) is 12.5 Å². The fraction of sp³-hybridized carbons (Fsp3) is 0.462. The molecule has 0 spiro atoms. The number of halogens is 3. The van der Waals surface area contributed by atoms with Gasteiger partial charge < -0.3 is 10.6 Å². The number of guanidine groups is 1. The molecule has 19 heavy (non-hydrogen) atoms. The standard InChI is InChI=1S/C13H18F3N3/c1-3-8-18-12(17-2)19-9-10-4-6-11(7-5-10)13(14,15)16/h4-7H,3,8-9H2,1-2H3,(H2,17,18,19). The van der Waals surface area contributed by atoms with Crippen LogP contribution in [0.2, 0.25) is 0 Å². The molecule has 1 aromatic carbocycles. The predicted octanol–water partition coefficient (Wildman–Crippen LogP) is 2.78. The molecule has 1 rings (SSSR count). The minimum absolute atomic E-state index is 0.432. The zero-order chi connectivity index (χ0) is 14.3. The first-order valence-corrected chi connectivity index (χ1v) is 6.08. The molecule has 0 heterocycles. The number of aliphatic imine (C=N–C) groups is 1. The van der Waals surface area contributed by atoms with Gasteiger partial charge in [-0.2, -0.15) is 13.2 Å². The zero-order valence-corrected chi connectivity index (χ0v) is 11.0. The van der Waals surface area contributed by atoms with Gasteiger partial charge in [-0.15, -0.1) is 0 Å². The molecule has 1 aromatic rings. The number of hydrogen-bond donors (Lipinski definition) is 2. The van der Waals surface area contributed by atoms with Crippen molar-refractivity contribution in [1.82, 2.24) is 10.6 Å². The fourth-order valence-corrected chi connectivity index (χ4v) is 1.46. The van der Waals surface area contributed by atoms with Gasteiger partial charge in [0.1, 0.15) is 0 Å². The largest absolute Gasteiger partial charge is 0.416 e. The molecule has 6 heteroatoms. The first-order valence-electron chi connectivity index (χ1n) is 6.08. The minimum atomic E-state index is -4.29. The molecule has 3 nitrogen and oxygen atoms in total. The van der Waals surface area contributed by atoms with Gasteiger partial charge in [-0.05, 0) is 24.1 Å². The van der Waals surface area contributed by atoms with Crippen LogP contribution in [-0.2, 0) is 12.7 Å². The summed E-state index contributed by atoms with van der Waals surface area (Å²) in [5, 5.41) is 6.12. The van der Waals surface area contributed by atoms with Crippen molar-refractivity contribution >= 4 is 5.96 Å². The first kappa shape index (κ1) is 15.3. The maximum absolute atomic E-state index is 12.4. The summed E-state index contributed by atoms with van der Waals surface area (Å²) in [5.41, 5.74) is 0.136.